The number of rotatable bonds is 2. The predicted molar refractivity (Wildman–Crippen MR) is 54.1 cm³/mol. The van der Waals surface area contributed by atoms with Crippen molar-refractivity contribution >= 4 is 0 Å². The Hall–Kier alpha value is -0.940. The van der Waals surface area contributed by atoms with E-state index in [0.717, 1.165) is 13.0 Å². The number of aryl methyl sites for hydroxylation is 1. The molecule has 0 radical (unpaired) electrons. The zero-order valence-electron chi connectivity index (χ0n) is 9.18. The summed E-state index contributed by atoms with van der Waals surface area (Å²) in [5.41, 5.74) is 0. The molecule has 1 aromatic rings. The lowest BCUT2D eigenvalue weighted by Crippen LogP contribution is -2.42. The van der Waals surface area contributed by atoms with E-state index in [0.29, 0.717) is 30.7 Å². The van der Waals surface area contributed by atoms with E-state index in [1.54, 1.807) is 6.92 Å². The number of β-amino-alcohol motifs (C(OH)–C–C–N with tert-alkyl or cyclic N) is 1. The summed E-state index contributed by atoms with van der Waals surface area (Å²) in [6.07, 6.45) is 0.789. The van der Waals surface area contributed by atoms with Gasteiger partial charge in [0.05, 0.1) is 12.6 Å². The monoisotopic (exact) mass is 211 g/mol. The second kappa shape index (κ2) is 4.28. The fourth-order valence-corrected chi connectivity index (χ4v) is 1.85. The first-order valence-corrected chi connectivity index (χ1v) is 5.35. The van der Waals surface area contributed by atoms with Crippen molar-refractivity contribution in [2.75, 3.05) is 13.1 Å². The van der Waals surface area contributed by atoms with E-state index in [1.165, 1.54) is 0 Å². The van der Waals surface area contributed by atoms with Gasteiger partial charge in [-0.15, -0.1) is 0 Å². The average Bonchev–Trinajstić information content (AvgIpc) is 2.58. The quantitative estimate of drug-likeness (QED) is 0.775. The molecule has 5 heteroatoms. The second-order valence-corrected chi connectivity index (χ2v) is 4.30. The van der Waals surface area contributed by atoms with Gasteiger partial charge in [0.15, 0.2) is 5.82 Å². The Bertz CT molecular complexity index is 326. The van der Waals surface area contributed by atoms with Crippen LogP contribution in [-0.2, 0) is 6.54 Å². The fourth-order valence-electron chi connectivity index (χ4n) is 1.85. The minimum atomic E-state index is -0.234. The van der Waals surface area contributed by atoms with Gasteiger partial charge in [-0.2, -0.15) is 4.98 Å². The highest BCUT2D eigenvalue weighted by atomic mass is 16.5. The van der Waals surface area contributed by atoms with Crippen LogP contribution in [0.2, 0.25) is 0 Å². The molecule has 1 fully saturated rings. The Morgan fingerprint density at radius 2 is 2.40 bits per heavy atom. The summed E-state index contributed by atoms with van der Waals surface area (Å²) in [7, 11) is 0. The van der Waals surface area contributed by atoms with Gasteiger partial charge in [-0.25, -0.2) is 0 Å². The third-order valence-electron chi connectivity index (χ3n) is 2.93. The lowest BCUT2D eigenvalue weighted by atomic mass is 9.96. The lowest BCUT2D eigenvalue weighted by molar-refractivity contribution is 0.0220. The number of aliphatic hydroxyl groups excluding tert-OH is 1. The van der Waals surface area contributed by atoms with Crippen LogP contribution in [0.15, 0.2) is 4.52 Å². The Morgan fingerprint density at radius 1 is 1.60 bits per heavy atom. The smallest absolute Gasteiger partial charge is 0.240 e. The maximum absolute atomic E-state index is 9.72. The summed E-state index contributed by atoms with van der Waals surface area (Å²) in [6.45, 7) is 6.21. The van der Waals surface area contributed by atoms with Gasteiger partial charge < -0.3 is 9.63 Å². The van der Waals surface area contributed by atoms with E-state index in [1.807, 2.05) is 0 Å². The summed E-state index contributed by atoms with van der Waals surface area (Å²) in [6, 6.07) is 0. The van der Waals surface area contributed by atoms with E-state index in [4.69, 9.17) is 4.52 Å². The number of hydrogen-bond acceptors (Lipinski definition) is 5. The molecule has 0 amide bonds. The molecule has 2 heterocycles. The predicted octanol–water partition coefficient (Wildman–Crippen LogP) is 0.581. The highest BCUT2D eigenvalue weighted by Gasteiger charge is 2.25. The van der Waals surface area contributed by atoms with Gasteiger partial charge >= 0.3 is 0 Å². The molecule has 0 spiro atoms. The summed E-state index contributed by atoms with van der Waals surface area (Å²) in [4.78, 5) is 6.30. The molecule has 1 aromatic heterocycles. The second-order valence-electron chi connectivity index (χ2n) is 4.30. The van der Waals surface area contributed by atoms with E-state index in [9.17, 15) is 5.11 Å². The molecule has 1 aliphatic heterocycles. The molecule has 0 aromatic carbocycles. The number of likely N-dealkylation sites (tertiary alicyclic amines) is 1. The molecule has 5 nitrogen and oxygen atoms in total. The summed E-state index contributed by atoms with van der Waals surface area (Å²) in [5.74, 6) is 1.69. The maximum Gasteiger partial charge on any atom is 0.240 e. The van der Waals surface area contributed by atoms with Gasteiger partial charge in [-0.1, -0.05) is 12.1 Å². The van der Waals surface area contributed by atoms with Crippen molar-refractivity contribution in [1.29, 1.82) is 0 Å². The van der Waals surface area contributed by atoms with E-state index in [2.05, 4.69) is 22.0 Å². The highest BCUT2D eigenvalue weighted by molar-refractivity contribution is 4.85. The maximum atomic E-state index is 9.72. The molecule has 2 rings (SSSR count). The topological polar surface area (TPSA) is 62.4 Å². The molecule has 0 bridgehead atoms. The Balaban J connectivity index is 1.90. The van der Waals surface area contributed by atoms with Crippen LogP contribution in [0.25, 0.3) is 0 Å². The molecular weight excluding hydrogens is 194 g/mol. The van der Waals surface area contributed by atoms with Gasteiger partial charge in [0.25, 0.3) is 0 Å². The molecule has 2 atom stereocenters. The first kappa shape index (κ1) is 10.6. The first-order chi connectivity index (χ1) is 7.15. The van der Waals surface area contributed by atoms with Crippen LogP contribution >= 0.6 is 0 Å². The van der Waals surface area contributed by atoms with Crippen LogP contribution in [0.3, 0.4) is 0 Å². The molecule has 0 saturated carbocycles. The SMILES string of the molecule is Cc1noc(CN2CCC(C)C(O)C2)n1. The van der Waals surface area contributed by atoms with Crippen molar-refractivity contribution in [3.8, 4) is 0 Å². The van der Waals surface area contributed by atoms with Crippen LogP contribution in [0.5, 0.6) is 0 Å². The minimum Gasteiger partial charge on any atom is -0.392 e. The normalized spacial score (nSPS) is 28.2. The number of hydrogen-bond donors (Lipinski definition) is 1. The number of aliphatic hydroxyl groups is 1. The fraction of sp³-hybridized carbons (Fsp3) is 0.800. The zero-order chi connectivity index (χ0) is 10.8. The number of piperidine rings is 1. The molecule has 84 valence electrons. The summed E-state index contributed by atoms with van der Waals surface area (Å²) in [5, 5.41) is 13.5. The molecule has 1 N–H and O–H groups in total. The van der Waals surface area contributed by atoms with E-state index < -0.39 is 0 Å². The van der Waals surface area contributed by atoms with Crippen LogP contribution in [0, 0.1) is 12.8 Å². The van der Waals surface area contributed by atoms with Crippen molar-refractivity contribution in [2.24, 2.45) is 5.92 Å². The molecule has 15 heavy (non-hydrogen) atoms. The van der Waals surface area contributed by atoms with Gasteiger partial charge in [0, 0.05) is 6.54 Å². The Morgan fingerprint density at radius 3 is 3.00 bits per heavy atom. The zero-order valence-corrected chi connectivity index (χ0v) is 9.18. The third-order valence-corrected chi connectivity index (χ3v) is 2.93. The van der Waals surface area contributed by atoms with Crippen molar-refractivity contribution in [1.82, 2.24) is 15.0 Å². The molecular formula is C10H17N3O2. The van der Waals surface area contributed by atoms with Crippen molar-refractivity contribution in [2.45, 2.75) is 32.9 Å². The van der Waals surface area contributed by atoms with Gasteiger partial charge in [-0.05, 0) is 25.8 Å². The standard InChI is InChI=1S/C10H17N3O2/c1-7-3-4-13(5-9(7)14)6-10-11-8(2)12-15-10/h7,9,14H,3-6H2,1-2H3. The first-order valence-electron chi connectivity index (χ1n) is 5.35. The number of nitrogens with zero attached hydrogens (tertiary/aromatic N) is 3. The average molecular weight is 211 g/mol. The molecule has 1 aliphatic rings. The van der Waals surface area contributed by atoms with Gasteiger partial charge in [-0.3, -0.25) is 4.90 Å². The van der Waals surface area contributed by atoms with Crippen LogP contribution in [-0.4, -0.2) is 39.3 Å². The van der Waals surface area contributed by atoms with Crippen LogP contribution < -0.4 is 0 Å². The van der Waals surface area contributed by atoms with Gasteiger partial charge in [0.1, 0.15) is 0 Å². The largest absolute Gasteiger partial charge is 0.392 e. The Kier molecular flexibility index (Phi) is 3.02. The van der Waals surface area contributed by atoms with Crippen molar-refractivity contribution in [3.63, 3.8) is 0 Å². The third kappa shape index (κ3) is 2.54. The van der Waals surface area contributed by atoms with Crippen molar-refractivity contribution in [3.05, 3.63) is 11.7 Å². The minimum absolute atomic E-state index is 0.234. The molecule has 0 aliphatic carbocycles. The lowest BCUT2D eigenvalue weighted by Gasteiger charge is -2.33. The number of aromatic nitrogens is 2. The van der Waals surface area contributed by atoms with Gasteiger partial charge in [0.2, 0.25) is 5.89 Å². The van der Waals surface area contributed by atoms with E-state index >= 15 is 0 Å². The van der Waals surface area contributed by atoms with E-state index in [-0.39, 0.29) is 6.10 Å². The van der Waals surface area contributed by atoms with Crippen LogP contribution in [0.1, 0.15) is 25.1 Å². The molecule has 1 saturated heterocycles. The Labute approximate surface area is 89.1 Å². The summed E-state index contributed by atoms with van der Waals surface area (Å²) >= 11 is 0. The van der Waals surface area contributed by atoms with Crippen molar-refractivity contribution < 1.29 is 9.63 Å². The van der Waals surface area contributed by atoms with Crippen LogP contribution in [0.4, 0.5) is 0 Å². The summed E-state index contributed by atoms with van der Waals surface area (Å²) < 4.78 is 5.04. The highest BCUT2D eigenvalue weighted by Crippen LogP contribution is 2.18. The molecule has 2 unspecified atom stereocenters.